The van der Waals surface area contributed by atoms with Crippen molar-refractivity contribution in [2.45, 2.75) is 51.0 Å². The lowest BCUT2D eigenvalue weighted by atomic mass is 10.1. The number of hydrogen-bond acceptors (Lipinski definition) is 6. The summed E-state index contributed by atoms with van der Waals surface area (Å²) in [5.41, 5.74) is 1.22. The maximum Gasteiger partial charge on any atom is 0.246 e. The molecule has 0 N–H and O–H groups in total. The SMILES string of the molecule is Cc1nn(C(C)C)c(C)c1S(=O)(=O)N1CCC(c2ncon2)C1. The summed E-state index contributed by atoms with van der Waals surface area (Å²) in [4.78, 5) is 4.35. The molecular formula is C14H21N5O3S. The van der Waals surface area contributed by atoms with Gasteiger partial charge in [-0.2, -0.15) is 14.4 Å². The third kappa shape index (κ3) is 2.67. The monoisotopic (exact) mass is 339 g/mol. The number of hydrogen-bond donors (Lipinski definition) is 0. The third-order valence-corrected chi connectivity index (χ3v) is 6.36. The highest BCUT2D eigenvalue weighted by Gasteiger charge is 2.38. The third-order valence-electron chi connectivity index (χ3n) is 4.24. The first kappa shape index (κ1) is 16.1. The highest BCUT2D eigenvalue weighted by atomic mass is 32.2. The second-order valence-electron chi connectivity index (χ2n) is 6.18. The number of rotatable bonds is 4. The molecule has 3 heterocycles. The van der Waals surface area contributed by atoms with E-state index >= 15 is 0 Å². The van der Waals surface area contributed by atoms with Gasteiger partial charge < -0.3 is 4.52 Å². The van der Waals surface area contributed by atoms with Crippen LogP contribution in [-0.4, -0.2) is 45.7 Å². The molecule has 126 valence electrons. The molecule has 1 aliphatic heterocycles. The van der Waals surface area contributed by atoms with E-state index < -0.39 is 10.0 Å². The van der Waals surface area contributed by atoms with Gasteiger partial charge in [-0.3, -0.25) is 4.68 Å². The zero-order valence-corrected chi connectivity index (χ0v) is 14.5. The van der Waals surface area contributed by atoms with Crippen LogP contribution in [0.2, 0.25) is 0 Å². The maximum atomic E-state index is 13.0. The van der Waals surface area contributed by atoms with Crippen LogP contribution in [-0.2, 0) is 10.0 Å². The van der Waals surface area contributed by atoms with E-state index in [1.165, 1.54) is 10.7 Å². The Balaban J connectivity index is 1.91. The highest BCUT2D eigenvalue weighted by Crippen LogP contribution is 2.32. The Labute approximate surface area is 135 Å². The largest absolute Gasteiger partial charge is 0.343 e. The van der Waals surface area contributed by atoms with Gasteiger partial charge in [-0.05, 0) is 34.1 Å². The molecule has 9 heteroatoms. The topological polar surface area (TPSA) is 94.1 Å². The molecule has 0 bridgehead atoms. The number of sulfonamides is 1. The number of aryl methyl sites for hydroxylation is 1. The Bertz CT molecular complexity index is 795. The van der Waals surface area contributed by atoms with E-state index in [9.17, 15) is 8.42 Å². The summed E-state index contributed by atoms with van der Waals surface area (Å²) in [6.45, 7) is 8.34. The van der Waals surface area contributed by atoms with Gasteiger partial charge >= 0.3 is 0 Å². The van der Waals surface area contributed by atoms with Crippen LogP contribution in [0.15, 0.2) is 15.8 Å². The van der Waals surface area contributed by atoms with E-state index in [0.29, 0.717) is 41.6 Å². The Morgan fingerprint density at radius 2 is 2.09 bits per heavy atom. The lowest BCUT2D eigenvalue weighted by molar-refractivity contribution is 0.403. The molecule has 1 aliphatic rings. The molecule has 0 aromatic carbocycles. The van der Waals surface area contributed by atoms with E-state index in [-0.39, 0.29) is 12.0 Å². The van der Waals surface area contributed by atoms with Crippen LogP contribution in [0.3, 0.4) is 0 Å². The van der Waals surface area contributed by atoms with Crippen LogP contribution >= 0.6 is 0 Å². The predicted octanol–water partition coefficient (Wildman–Crippen LogP) is 1.64. The van der Waals surface area contributed by atoms with Crippen molar-refractivity contribution in [1.29, 1.82) is 0 Å². The summed E-state index contributed by atoms with van der Waals surface area (Å²) in [6, 6.07) is 0.114. The van der Waals surface area contributed by atoms with Crippen LogP contribution in [0.5, 0.6) is 0 Å². The first-order valence-electron chi connectivity index (χ1n) is 7.64. The van der Waals surface area contributed by atoms with Gasteiger partial charge in [-0.1, -0.05) is 5.16 Å². The van der Waals surface area contributed by atoms with Crippen molar-refractivity contribution in [3.63, 3.8) is 0 Å². The molecule has 3 rings (SSSR count). The van der Waals surface area contributed by atoms with E-state index in [0.717, 1.165) is 0 Å². The Morgan fingerprint density at radius 3 is 2.65 bits per heavy atom. The molecule has 0 saturated carbocycles. The molecule has 0 amide bonds. The zero-order valence-electron chi connectivity index (χ0n) is 13.7. The summed E-state index contributed by atoms with van der Waals surface area (Å²) in [6.07, 6.45) is 1.96. The van der Waals surface area contributed by atoms with Gasteiger partial charge in [-0.15, -0.1) is 0 Å². The van der Waals surface area contributed by atoms with E-state index in [2.05, 4.69) is 15.2 Å². The van der Waals surface area contributed by atoms with Crippen LogP contribution in [0.4, 0.5) is 0 Å². The first-order chi connectivity index (χ1) is 10.8. The molecule has 23 heavy (non-hydrogen) atoms. The Kier molecular flexibility index (Phi) is 4.01. The fourth-order valence-electron chi connectivity index (χ4n) is 3.17. The number of aromatic nitrogens is 4. The van der Waals surface area contributed by atoms with Gasteiger partial charge in [0.15, 0.2) is 5.82 Å². The van der Waals surface area contributed by atoms with Crippen molar-refractivity contribution in [2.24, 2.45) is 0 Å². The van der Waals surface area contributed by atoms with Crippen molar-refractivity contribution in [2.75, 3.05) is 13.1 Å². The lowest BCUT2D eigenvalue weighted by Crippen LogP contribution is -2.29. The minimum absolute atomic E-state index is 0.0238. The minimum atomic E-state index is -3.57. The van der Waals surface area contributed by atoms with Crippen LogP contribution in [0.25, 0.3) is 0 Å². The summed E-state index contributed by atoms with van der Waals surface area (Å²) in [5, 5.41) is 8.21. The van der Waals surface area contributed by atoms with Gasteiger partial charge in [0.25, 0.3) is 0 Å². The summed E-state index contributed by atoms with van der Waals surface area (Å²) >= 11 is 0. The van der Waals surface area contributed by atoms with Crippen molar-refractivity contribution < 1.29 is 12.9 Å². The van der Waals surface area contributed by atoms with Gasteiger partial charge in [0.1, 0.15) is 4.90 Å². The quantitative estimate of drug-likeness (QED) is 0.840. The molecule has 2 aromatic heterocycles. The van der Waals surface area contributed by atoms with Crippen LogP contribution in [0.1, 0.15) is 49.4 Å². The molecule has 1 atom stereocenters. The molecule has 2 aromatic rings. The zero-order chi connectivity index (χ0) is 16.8. The second kappa shape index (κ2) is 5.72. The molecule has 0 radical (unpaired) electrons. The van der Waals surface area contributed by atoms with Gasteiger partial charge in [-0.25, -0.2) is 8.42 Å². The Morgan fingerprint density at radius 1 is 1.35 bits per heavy atom. The molecule has 8 nitrogen and oxygen atoms in total. The van der Waals surface area contributed by atoms with Gasteiger partial charge in [0, 0.05) is 25.0 Å². The molecule has 1 saturated heterocycles. The minimum Gasteiger partial charge on any atom is -0.343 e. The lowest BCUT2D eigenvalue weighted by Gasteiger charge is -2.17. The maximum absolute atomic E-state index is 13.0. The normalized spacial score (nSPS) is 19.8. The molecule has 1 fully saturated rings. The molecule has 0 aliphatic carbocycles. The average molecular weight is 339 g/mol. The highest BCUT2D eigenvalue weighted by molar-refractivity contribution is 7.89. The van der Waals surface area contributed by atoms with E-state index in [1.54, 1.807) is 18.5 Å². The number of nitrogens with zero attached hydrogens (tertiary/aromatic N) is 5. The smallest absolute Gasteiger partial charge is 0.246 e. The predicted molar refractivity (Wildman–Crippen MR) is 82.5 cm³/mol. The molecular weight excluding hydrogens is 318 g/mol. The fraction of sp³-hybridized carbons (Fsp3) is 0.643. The van der Waals surface area contributed by atoms with Gasteiger partial charge in [0.05, 0.1) is 11.4 Å². The van der Waals surface area contributed by atoms with Crippen molar-refractivity contribution in [3.8, 4) is 0 Å². The van der Waals surface area contributed by atoms with Crippen molar-refractivity contribution in [3.05, 3.63) is 23.6 Å². The summed E-state index contributed by atoms with van der Waals surface area (Å²) in [5.74, 6) is 0.540. The first-order valence-corrected chi connectivity index (χ1v) is 9.08. The molecule has 0 spiro atoms. The van der Waals surface area contributed by atoms with Gasteiger partial charge in [0.2, 0.25) is 16.4 Å². The van der Waals surface area contributed by atoms with Crippen LogP contribution in [0, 0.1) is 13.8 Å². The molecule has 1 unspecified atom stereocenters. The summed E-state index contributed by atoms with van der Waals surface area (Å²) < 4.78 is 34.1. The van der Waals surface area contributed by atoms with Crippen molar-refractivity contribution >= 4 is 10.0 Å². The van der Waals surface area contributed by atoms with Crippen LogP contribution < -0.4 is 0 Å². The average Bonchev–Trinajstić information content (AvgIpc) is 3.16. The summed E-state index contributed by atoms with van der Waals surface area (Å²) in [7, 11) is -3.57. The second-order valence-corrected chi connectivity index (χ2v) is 8.05. The standard InChI is InChI=1S/C14H21N5O3S/c1-9(2)19-11(4)13(10(3)16-19)23(20,21)18-6-5-12(7-18)14-15-8-22-17-14/h8-9,12H,5-7H2,1-4H3. The van der Waals surface area contributed by atoms with E-state index in [1.807, 2.05) is 13.8 Å². The Hall–Kier alpha value is -1.74. The van der Waals surface area contributed by atoms with E-state index in [4.69, 9.17) is 4.52 Å². The van der Waals surface area contributed by atoms with Crippen molar-refractivity contribution in [1.82, 2.24) is 24.2 Å². The fourth-order valence-corrected chi connectivity index (χ4v) is 5.03.